The first-order valence-electron chi connectivity index (χ1n) is 13.1. The average molecular weight is 471 g/mol. The van der Waals surface area contributed by atoms with E-state index in [0.717, 1.165) is 0 Å². The molecule has 0 saturated heterocycles. The van der Waals surface area contributed by atoms with Crippen LogP contribution in [-0.2, 0) is 5.41 Å². The SMILES string of the molecule is CC1(C)c2ccccc2-c2ccc3cc(-c4c5ccccc5cc5c4ccc4ccccc45)ccc3c21. The van der Waals surface area contributed by atoms with Crippen LogP contribution in [0.3, 0.4) is 0 Å². The summed E-state index contributed by atoms with van der Waals surface area (Å²) in [7, 11) is 0. The summed E-state index contributed by atoms with van der Waals surface area (Å²) in [4.78, 5) is 0. The van der Waals surface area contributed by atoms with Gasteiger partial charge in [-0.3, -0.25) is 0 Å². The first kappa shape index (κ1) is 20.7. The molecule has 1 aliphatic rings. The molecule has 0 saturated carbocycles. The molecule has 37 heavy (non-hydrogen) atoms. The summed E-state index contributed by atoms with van der Waals surface area (Å²) in [6.45, 7) is 4.74. The van der Waals surface area contributed by atoms with Crippen LogP contribution in [0.4, 0.5) is 0 Å². The van der Waals surface area contributed by atoms with E-state index in [0.29, 0.717) is 0 Å². The molecule has 0 aromatic heterocycles. The van der Waals surface area contributed by atoms with Crippen LogP contribution in [0, 0.1) is 0 Å². The second kappa shape index (κ2) is 7.31. The number of rotatable bonds is 1. The molecule has 0 N–H and O–H groups in total. The summed E-state index contributed by atoms with van der Waals surface area (Å²) < 4.78 is 0. The molecule has 0 nitrogen and oxygen atoms in total. The Bertz CT molecular complexity index is 2060. The zero-order chi connectivity index (χ0) is 24.7. The molecule has 1 aliphatic carbocycles. The van der Waals surface area contributed by atoms with E-state index in [4.69, 9.17) is 0 Å². The fourth-order valence-corrected chi connectivity index (χ4v) is 6.91. The van der Waals surface area contributed by atoms with Gasteiger partial charge in [0.1, 0.15) is 0 Å². The lowest BCUT2D eigenvalue weighted by Gasteiger charge is -2.23. The maximum Gasteiger partial charge on any atom is 0.0165 e. The molecule has 0 aliphatic heterocycles. The Hall–Kier alpha value is -4.42. The number of hydrogen-bond donors (Lipinski definition) is 0. The van der Waals surface area contributed by atoms with Crippen molar-refractivity contribution in [1.82, 2.24) is 0 Å². The highest BCUT2D eigenvalue weighted by molar-refractivity contribution is 6.20. The van der Waals surface area contributed by atoms with E-state index < -0.39 is 0 Å². The molecule has 0 heterocycles. The van der Waals surface area contributed by atoms with Gasteiger partial charge in [-0.05, 0) is 88.6 Å². The zero-order valence-electron chi connectivity index (χ0n) is 21.0. The van der Waals surface area contributed by atoms with Crippen molar-refractivity contribution in [3.63, 3.8) is 0 Å². The monoisotopic (exact) mass is 470 g/mol. The van der Waals surface area contributed by atoms with Crippen molar-refractivity contribution < 1.29 is 0 Å². The van der Waals surface area contributed by atoms with Gasteiger partial charge in [0.15, 0.2) is 0 Å². The molecule has 8 rings (SSSR count). The van der Waals surface area contributed by atoms with Gasteiger partial charge in [0, 0.05) is 5.41 Å². The fourth-order valence-electron chi connectivity index (χ4n) is 6.91. The lowest BCUT2D eigenvalue weighted by atomic mass is 9.80. The van der Waals surface area contributed by atoms with E-state index in [9.17, 15) is 0 Å². The molecule has 0 radical (unpaired) electrons. The first-order chi connectivity index (χ1) is 18.1. The minimum atomic E-state index is -0.0159. The Balaban J connectivity index is 1.44. The van der Waals surface area contributed by atoms with Gasteiger partial charge in [-0.15, -0.1) is 0 Å². The molecule has 0 amide bonds. The van der Waals surface area contributed by atoms with Crippen LogP contribution >= 0.6 is 0 Å². The highest BCUT2D eigenvalue weighted by atomic mass is 14.4. The van der Waals surface area contributed by atoms with E-state index >= 15 is 0 Å². The van der Waals surface area contributed by atoms with E-state index in [-0.39, 0.29) is 5.41 Å². The standard InChI is InChI=1S/C37H26/c1-37(2)34-14-8-7-13-30(34)32-20-16-25-21-26(17-18-29(25)36(32)37)35-28-12-6-4-10-24(28)22-33-27-11-5-3-9-23(27)15-19-31(33)35/h3-22H,1-2H3. The van der Waals surface area contributed by atoms with Gasteiger partial charge in [-0.25, -0.2) is 0 Å². The van der Waals surface area contributed by atoms with Crippen molar-refractivity contribution in [2.75, 3.05) is 0 Å². The van der Waals surface area contributed by atoms with Crippen LogP contribution in [-0.4, -0.2) is 0 Å². The van der Waals surface area contributed by atoms with Crippen molar-refractivity contribution in [3.05, 3.63) is 132 Å². The molecule has 0 bridgehead atoms. The van der Waals surface area contributed by atoms with Gasteiger partial charge in [0.2, 0.25) is 0 Å². The van der Waals surface area contributed by atoms with Gasteiger partial charge in [0.25, 0.3) is 0 Å². The predicted molar refractivity (Wildman–Crippen MR) is 159 cm³/mol. The fraction of sp³-hybridized carbons (Fsp3) is 0.0811. The molecule has 7 aromatic carbocycles. The topological polar surface area (TPSA) is 0 Å². The Morgan fingerprint density at radius 1 is 0.432 bits per heavy atom. The van der Waals surface area contributed by atoms with E-state index in [1.807, 2.05) is 0 Å². The van der Waals surface area contributed by atoms with Crippen molar-refractivity contribution in [3.8, 4) is 22.3 Å². The lowest BCUT2D eigenvalue weighted by molar-refractivity contribution is 0.666. The molecule has 0 unspecified atom stereocenters. The third-order valence-electron chi connectivity index (χ3n) is 8.59. The second-order valence-electron chi connectivity index (χ2n) is 10.9. The Labute approximate surface area is 216 Å². The normalized spacial score (nSPS) is 13.9. The molecule has 7 aromatic rings. The van der Waals surface area contributed by atoms with Crippen LogP contribution in [0.2, 0.25) is 0 Å². The van der Waals surface area contributed by atoms with Crippen LogP contribution in [0.1, 0.15) is 25.0 Å². The molecule has 0 spiro atoms. The number of fused-ring (bicyclic) bond motifs is 9. The van der Waals surface area contributed by atoms with Crippen LogP contribution in [0.5, 0.6) is 0 Å². The maximum absolute atomic E-state index is 2.41. The van der Waals surface area contributed by atoms with Crippen LogP contribution < -0.4 is 0 Å². The highest BCUT2D eigenvalue weighted by Crippen LogP contribution is 2.51. The summed E-state index contributed by atoms with van der Waals surface area (Å²) in [5.41, 5.74) is 8.21. The van der Waals surface area contributed by atoms with Gasteiger partial charge < -0.3 is 0 Å². The van der Waals surface area contributed by atoms with Gasteiger partial charge >= 0.3 is 0 Å². The summed E-state index contributed by atoms with van der Waals surface area (Å²) in [6, 6.07) is 45.2. The van der Waals surface area contributed by atoms with Crippen molar-refractivity contribution in [2.45, 2.75) is 19.3 Å². The second-order valence-corrected chi connectivity index (χ2v) is 10.9. The summed E-state index contributed by atoms with van der Waals surface area (Å²) in [5.74, 6) is 0. The summed E-state index contributed by atoms with van der Waals surface area (Å²) in [6.07, 6.45) is 0. The Morgan fingerprint density at radius 3 is 2.00 bits per heavy atom. The molecular formula is C37H26. The molecule has 0 atom stereocenters. The van der Waals surface area contributed by atoms with Crippen molar-refractivity contribution in [1.29, 1.82) is 0 Å². The predicted octanol–water partition coefficient (Wildman–Crippen LogP) is 10.3. The van der Waals surface area contributed by atoms with Crippen molar-refractivity contribution in [2.24, 2.45) is 0 Å². The van der Waals surface area contributed by atoms with E-state index in [2.05, 4.69) is 135 Å². The smallest absolute Gasteiger partial charge is 0.0165 e. The zero-order valence-corrected chi connectivity index (χ0v) is 21.0. The van der Waals surface area contributed by atoms with Gasteiger partial charge in [-0.1, -0.05) is 123 Å². The average Bonchev–Trinajstić information content (AvgIpc) is 3.18. The van der Waals surface area contributed by atoms with Gasteiger partial charge in [0.05, 0.1) is 0 Å². The third-order valence-corrected chi connectivity index (χ3v) is 8.59. The van der Waals surface area contributed by atoms with Crippen molar-refractivity contribution >= 4 is 43.1 Å². The lowest BCUT2D eigenvalue weighted by Crippen LogP contribution is -2.15. The third kappa shape index (κ3) is 2.79. The Kier molecular flexibility index (Phi) is 4.10. The highest BCUT2D eigenvalue weighted by Gasteiger charge is 2.36. The van der Waals surface area contributed by atoms with Gasteiger partial charge in [-0.2, -0.15) is 0 Å². The largest absolute Gasteiger partial charge is 0.0619 e. The van der Waals surface area contributed by atoms with Crippen LogP contribution in [0.15, 0.2) is 121 Å². The van der Waals surface area contributed by atoms with E-state index in [1.54, 1.807) is 0 Å². The quantitative estimate of drug-likeness (QED) is 0.165. The summed E-state index contributed by atoms with van der Waals surface area (Å²) >= 11 is 0. The minimum absolute atomic E-state index is 0.0159. The van der Waals surface area contributed by atoms with Crippen LogP contribution in [0.25, 0.3) is 65.3 Å². The molecule has 0 fully saturated rings. The molecule has 0 heteroatoms. The minimum Gasteiger partial charge on any atom is -0.0619 e. The summed E-state index contributed by atoms with van der Waals surface area (Å²) in [5, 5.41) is 10.5. The number of hydrogen-bond acceptors (Lipinski definition) is 0. The molecular weight excluding hydrogens is 444 g/mol. The number of benzene rings is 7. The molecule has 174 valence electrons. The maximum atomic E-state index is 2.41. The first-order valence-corrected chi connectivity index (χ1v) is 13.1. The van der Waals surface area contributed by atoms with E-state index in [1.165, 1.54) is 76.5 Å². The Morgan fingerprint density at radius 2 is 1.11 bits per heavy atom.